The third-order valence-electron chi connectivity index (χ3n) is 1.49. The van der Waals surface area contributed by atoms with Crippen LogP contribution in [-0.2, 0) is 11.2 Å². The summed E-state index contributed by atoms with van der Waals surface area (Å²) in [6.45, 7) is 1.61. The van der Waals surface area contributed by atoms with Gasteiger partial charge in [-0.15, -0.1) is 12.4 Å². The summed E-state index contributed by atoms with van der Waals surface area (Å²) < 4.78 is 0. The molecule has 2 nitrogen and oxygen atoms in total. The van der Waals surface area contributed by atoms with Crippen LogP contribution in [0.2, 0.25) is 0 Å². The van der Waals surface area contributed by atoms with Gasteiger partial charge in [0, 0.05) is 18.8 Å². The second-order valence-corrected chi connectivity index (χ2v) is 2.56. The number of nitrogens with zero attached hydrogens (tertiary/aromatic N) is 1. The number of carbonyl (C=O) groups is 1. The van der Waals surface area contributed by atoms with Gasteiger partial charge >= 0.3 is 0 Å². The first-order valence-corrected chi connectivity index (χ1v) is 3.67. The Morgan fingerprint density at radius 1 is 1.58 bits per heavy atom. The van der Waals surface area contributed by atoms with Crippen molar-refractivity contribution in [1.29, 1.82) is 0 Å². The summed E-state index contributed by atoms with van der Waals surface area (Å²) in [6.07, 6.45) is 4.95. The molecule has 0 N–H and O–H groups in total. The van der Waals surface area contributed by atoms with Crippen molar-refractivity contribution in [3.05, 3.63) is 30.1 Å². The summed E-state index contributed by atoms with van der Waals surface area (Å²) in [4.78, 5) is 14.5. The summed E-state index contributed by atoms with van der Waals surface area (Å²) in [5.74, 6) is 0.230. The molecule has 0 bridgehead atoms. The molecule has 66 valence electrons. The molecular formula is C9H12ClNO. The zero-order valence-corrected chi connectivity index (χ0v) is 7.80. The quantitative estimate of drug-likeness (QED) is 0.721. The Labute approximate surface area is 78.4 Å². The van der Waals surface area contributed by atoms with E-state index in [9.17, 15) is 4.79 Å². The largest absolute Gasteiger partial charge is 0.300 e. The Morgan fingerprint density at radius 2 is 2.33 bits per heavy atom. The van der Waals surface area contributed by atoms with Crippen molar-refractivity contribution in [3.63, 3.8) is 0 Å². The van der Waals surface area contributed by atoms with Gasteiger partial charge in [0.1, 0.15) is 5.78 Å². The highest BCUT2D eigenvalue weighted by Gasteiger charge is 1.94. The number of aromatic nitrogens is 1. The van der Waals surface area contributed by atoms with Gasteiger partial charge in [-0.25, -0.2) is 0 Å². The van der Waals surface area contributed by atoms with Crippen LogP contribution in [0.5, 0.6) is 0 Å². The van der Waals surface area contributed by atoms with E-state index in [1.807, 2.05) is 12.1 Å². The van der Waals surface area contributed by atoms with Gasteiger partial charge in [0.15, 0.2) is 0 Å². The van der Waals surface area contributed by atoms with E-state index in [1.165, 1.54) is 0 Å². The molecule has 0 atom stereocenters. The second-order valence-electron chi connectivity index (χ2n) is 2.56. The lowest BCUT2D eigenvalue weighted by molar-refractivity contribution is -0.116. The van der Waals surface area contributed by atoms with E-state index in [0.29, 0.717) is 6.42 Å². The van der Waals surface area contributed by atoms with Gasteiger partial charge in [-0.1, -0.05) is 6.07 Å². The Morgan fingerprint density at radius 3 is 2.83 bits per heavy atom. The maximum atomic E-state index is 10.6. The van der Waals surface area contributed by atoms with E-state index in [4.69, 9.17) is 0 Å². The van der Waals surface area contributed by atoms with Crippen LogP contribution >= 0.6 is 12.4 Å². The number of pyridine rings is 1. The zero-order chi connectivity index (χ0) is 8.10. The highest BCUT2D eigenvalue weighted by Crippen LogP contribution is 1.99. The molecule has 0 saturated heterocycles. The van der Waals surface area contributed by atoms with Crippen LogP contribution in [0, 0.1) is 0 Å². The van der Waals surface area contributed by atoms with Gasteiger partial charge in [0.25, 0.3) is 0 Å². The predicted octanol–water partition coefficient (Wildman–Crippen LogP) is 2.02. The van der Waals surface area contributed by atoms with E-state index in [2.05, 4.69) is 4.98 Å². The van der Waals surface area contributed by atoms with Crippen molar-refractivity contribution >= 4 is 18.2 Å². The number of rotatable bonds is 3. The highest BCUT2D eigenvalue weighted by molar-refractivity contribution is 5.85. The Hall–Kier alpha value is -0.890. The molecule has 0 aliphatic heterocycles. The summed E-state index contributed by atoms with van der Waals surface area (Å²) in [5, 5.41) is 0. The molecule has 3 heteroatoms. The van der Waals surface area contributed by atoms with Gasteiger partial charge in [-0.3, -0.25) is 4.98 Å². The monoisotopic (exact) mass is 185 g/mol. The summed E-state index contributed by atoms with van der Waals surface area (Å²) >= 11 is 0. The molecule has 0 aromatic carbocycles. The minimum atomic E-state index is 0. The number of hydrogen-bond donors (Lipinski definition) is 0. The van der Waals surface area contributed by atoms with Gasteiger partial charge in [0.2, 0.25) is 0 Å². The van der Waals surface area contributed by atoms with Gasteiger partial charge in [-0.05, 0) is 25.0 Å². The molecule has 1 aromatic heterocycles. The Bertz CT molecular complexity index is 236. The number of Topliss-reactive ketones (excluding diaryl/α,β-unsaturated/α-hetero) is 1. The number of carbonyl (C=O) groups excluding carboxylic acids is 1. The minimum Gasteiger partial charge on any atom is -0.300 e. The zero-order valence-electron chi connectivity index (χ0n) is 6.99. The SMILES string of the molecule is CC(=O)CCc1cccnc1.Cl. The third kappa shape index (κ3) is 4.09. The predicted molar refractivity (Wildman–Crippen MR) is 50.5 cm³/mol. The van der Waals surface area contributed by atoms with Crippen LogP contribution in [0.1, 0.15) is 18.9 Å². The first-order chi connectivity index (χ1) is 5.29. The van der Waals surface area contributed by atoms with Crippen molar-refractivity contribution < 1.29 is 4.79 Å². The second kappa shape index (κ2) is 5.72. The van der Waals surface area contributed by atoms with Crippen molar-refractivity contribution in [1.82, 2.24) is 4.98 Å². The average molecular weight is 186 g/mol. The van der Waals surface area contributed by atoms with Crippen LogP contribution < -0.4 is 0 Å². The molecule has 0 aliphatic rings. The van der Waals surface area contributed by atoms with Crippen LogP contribution in [0.25, 0.3) is 0 Å². The summed E-state index contributed by atoms with van der Waals surface area (Å²) in [5.41, 5.74) is 1.13. The third-order valence-corrected chi connectivity index (χ3v) is 1.49. The summed E-state index contributed by atoms with van der Waals surface area (Å²) in [6, 6.07) is 3.87. The maximum absolute atomic E-state index is 10.6. The van der Waals surface area contributed by atoms with E-state index in [-0.39, 0.29) is 18.2 Å². The van der Waals surface area contributed by atoms with E-state index in [0.717, 1.165) is 12.0 Å². The van der Waals surface area contributed by atoms with Gasteiger partial charge in [-0.2, -0.15) is 0 Å². The molecule has 0 aliphatic carbocycles. The standard InChI is InChI=1S/C9H11NO.ClH/c1-8(11)4-5-9-3-2-6-10-7-9;/h2-3,6-7H,4-5H2,1H3;1H. The fraction of sp³-hybridized carbons (Fsp3) is 0.333. The molecule has 0 unspecified atom stereocenters. The molecule has 0 saturated carbocycles. The fourth-order valence-corrected chi connectivity index (χ4v) is 0.866. The number of ketones is 1. The fourth-order valence-electron chi connectivity index (χ4n) is 0.866. The summed E-state index contributed by atoms with van der Waals surface area (Å²) in [7, 11) is 0. The van der Waals surface area contributed by atoms with Crippen molar-refractivity contribution in [3.8, 4) is 0 Å². The molecule has 0 radical (unpaired) electrons. The Balaban J connectivity index is 0.00000121. The van der Waals surface area contributed by atoms with Crippen molar-refractivity contribution in [2.24, 2.45) is 0 Å². The molecule has 12 heavy (non-hydrogen) atoms. The molecule has 0 fully saturated rings. The van der Waals surface area contributed by atoms with Crippen molar-refractivity contribution in [2.45, 2.75) is 19.8 Å². The van der Waals surface area contributed by atoms with Crippen LogP contribution in [0.4, 0.5) is 0 Å². The molecule has 1 rings (SSSR count). The van der Waals surface area contributed by atoms with Crippen molar-refractivity contribution in [2.75, 3.05) is 0 Å². The molecule has 1 heterocycles. The number of aryl methyl sites for hydroxylation is 1. The Kier molecular flexibility index (Phi) is 5.30. The lowest BCUT2D eigenvalue weighted by Gasteiger charge is -1.95. The van der Waals surface area contributed by atoms with Crippen LogP contribution in [0.3, 0.4) is 0 Å². The maximum Gasteiger partial charge on any atom is 0.130 e. The van der Waals surface area contributed by atoms with Crippen LogP contribution in [0.15, 0.2) is 24.5 Å². The lowest BCUT2D eigenvalue weighted by Crippen LogP contribution is -1.93. The van der Waals surface area contributed by atoms with E-state index in [1.54, 1.807) is 19.3 Å². The number of hydrogen-bond acceptors (Lipinski definition) is 2. The molecular weight excluding hydrogens is 174 g/mol. The first kappa shape index (κ1) is 11.1. The average Bonchev–Trinajstić information content (AvgIpc) is 2.03. The smallest absolute Gasteiger partial charge is 0.130 e. The van der Waals surface area contributed by atoms with Gasteiger partial charge in [0.05, 0.1) is 0 Å². The molecule has 1 aromatic rings. The number of halogens is 1. The van der Waals surface area contributed by atoms with Crippen LogP contribution in [-0.4, -0.2) is 10.8 Å². The topological polar surface area (TPSA) is 30.0 Å². The van der Waals surface area contributed by atoms with Gasteiger partial charge < -0.3 is 4.79 Å². The highest BCUT2D eigenvalue weighted by atomic mass is 35.5. The first-order valence-electron chi connectivity index (χ1n) is 3.67. The van der Waals surface area contributed by atoms with E-state index < -0.39 is 0 Å². The minimum absolute atomic E-state index is 0. The normalized spacial score (nSPS) is 8.75. The molecule has 0 amide bonds. The van der Waals surface area contributed by atoms with E-state index >= 15 is 0 Å². The molecule has 0 spiro atoms. The lowest BCUT2D eigenvalue weighted by atomic mass is 10.1.